The molecule has 6 nitrogen and oxygen atoms in total. The van der Waals surface area contributed by atoms with Crippen molar-refractivity contribution in [1.29, 1.82) is 0 Å². The number of aliphatic hydroxyl groups is 1. The Morgan fingerprint density at radius 3 is 2.24 bits per heavy atom. The maximum absolute atomic E-state index is 11.8. The first-order valence-corrected chi connectivity index (χ1v) is 6.28. The molecule has 0 aliphatic carbocycles. The number of methoxy groups -OCH3 is 3. The maximum atomic E-state index is 11.8. The molecule has 1 aromatic heterocycles. The molecule has 1 aromatic carbocycles. The van der Waals surface area contributed by atoms with E-state index in [0.29, 0.717) is 34.1 Å². The van der Waals surface area contributed by atoms with Crippen molar-refractivity contribution in [2.75, 3.05) is 21.3 Å². The maximum Gasteiger partial charge on any atom is 0.253 e. The third-order valence-corrected chi connectivity index (χ3v) is 3.16. The minimum atomic E-state index is -0.341. The number of aromatic nitrogens is 1. The molecule has 0 saturated carbocycles. The van der Waals surface area contributed by atoms with Crippen LogP contribution in [-0.2, 0) is 6.61 Å². The van der Waals surface area contributed by atoms with Crippen LogP contribution in [0.1, 0.15) is 5.56 Å². The molecular formula is C15H17NO5. The van der Waals surface area contributed by atoms with Gasteiger partial charge in [-0.15, -0.1) is 0 Å². The fourth-order valence-corrected chi connectivity index (χ4v) is 2.10. The second kappa shape index (κ2) is 6.32. The van der Waals surface area contributed by atoms with E-state index in [1.54, 1.807) is 24.3 Å². The lowest BCUT2D eigenvalue weighted by Gasteiger charge is -2.15. The predicted molar refractivity (Wildman–Crippen MR) is 78.1 cm³/mol. The Balaban J connectivity index is 2.63. The van der Waals surface area contributed by atoms with Crippen molar-refractivity contribution in [1.82, 2.24) is 4.98 Å². The molecule has 0 atom stereocenters. The molecule has 0 radical (unpaired) electrons. The Labute approximate surface area is 121 Å². The number of aliphatic hydroxyl groups excluding tert-OH is 1. The summed E-state index contributed by atoms with van der Waals surface area (Å²) in [5, 5.41) is 9.05. The average Bonchev–Trinajstić information content (AvgIpc) is 2.52. The molecule has 2 rings (SSSR count). The van der Waals surface area contributed by atoms with Gasteiger partial charge in [-0.25, -0.2) is 0 Å². The molecule has 0 fully saturated rings. The Kier molecular flexibility index (Phi) is 4.49. The molecular weight excluding hydrogens is 274 g/mol. The zero-order valence-electron chi connectivity index (χ0n) is 12.1. The minimum absolute atomic E-state index is 0.304. The molecule has 0 aliphatic rings. The molecule has 6 heteroatoms. The van der Waals surface area contributed by atoms with Crippen molar-refractivity contribution in [3.05, 3.63) is 40.2 Å². The van der Waals surface area contributed by atoms with E-state index in [-0.39, 0.29) is 12.2 Å². The molecule has 0 bridgehead atoms. The Morgan fingerprint density at radius 2 is 1.71 bits per heavy atom. The number of hydrogen-bond acceptors (Lipinski definition) is 5. The SMILES string of the molecule is COc1ccc(-c2ccc(CO)c(=O)[nH]2)c(OC)c1OC. The smallest absolute Gasteiger partial charge is 0.253 e. The van der Waals surface area contributed by atoms with Gasteiger partial charge in [-0.3, -0.25) is 4.79 Å². The average molecular weight is 291 g/mol. The van der Waals surface area contributed by atoms with Crippen molar-refractivity contribution in [3.63, 3.8) is 0 Å². The number of H-pyrrole nitrogens is 1. The van der Waals surface area contributed by atoms with Crippen LogP contribution in [0.4, 0.5) is 0 Å². The van der Waals surface area contributed by atoms with Gasteiger partial charge >= 0.3 is 0 Å². The normalized spacial score (nSPS) is 10.3. The molecule has 0 aliphatic heterocycles. The van der Waals surface area contributed by atoms with Crippen molar-refractivity contribution in [2.24, 2.45) is 0 Å². The van der Waals surface area contributed by atoms with Crippen molar-refractivity contribution >= 4 is 0 Å². The predicted octanol–water partition coefficient (Wildman–Crippen LogP) is 1.56. The lowest BCUT2D eigenvalue weighted by molar-refractivity contribution is 0.280. The summed E-state index contributed by atoms with van der Waals surface area (Å²) in [7, 11) is 4.57. The van der Waals surface area contributed by atoms with Crippen LogP contribution in [-0.4, -0.2) is 31.4 Å². The zero-order valence-corrected chi connectivity index (χ0v) is 12.1. The van der Waals surface area contributed by atoms with Gasteiger partial charge in [-0.05, 0) is 24.3 Å². The lowest BCUT2D eigenvalue weighted by Crippen LogP contribution is -2.12. The van der Waals surface area contributed by atoms with Crippen LogP contribution in [0.15, 0.2) is 29.1 Å². The molecule has 0 amide bonds. The second-order valence-electron chi connectivity index (χ2n) is 4.27. The fourth-order valence-electron chi connectivity index (χ4n) is 2.10. The summed E-state index contributed by atoms with van der Waals surface area (Å²) < 4.78 is 15.9. The Morgan fingerprint density at radius 1 is 1.00 bits per heavy atom. The van der Waals surface area contributed by atoms with E-state index in [1.165, 1.54) is 21.3 Å². The molecule has 2 aromatic rings. The first-order chi connectivity index (χ1) is 10.2. The molecule has 0 saturated heterocycles. The lowest BCUT2D eigenvalue weighted by atomic mass is 10.1. The van der Waals surface area contributed by atoms with Crippen LogP contribution in [0, 0.1) is 0 Å². The van der Waals surface area contributed by atoms with Crippen LogP contribution < -0.4 is 19.8 Å². The molecule has 0 spiro atoms. The molecule has 2 N–H and O–H groups in total. The van der Waals surface area contributed by atoms with Crippen LogP contribution in [0.3, 0.4) is 0 Å². The largest absolute Gasteiger partial charge is 0.493 e. The third-order valence-electron chi connectivity index (χ3n) is 3.16. The molecule has 0 unspecified atom stereocenters. The number of hydrogen-bond donors (Lipinski definition) is 2. The standard InChI is InChI=1S/C15H17NO5/c1-19-12-7-5-10(13(20-2)14(12)21-3)11-6-4-9(8-17)15(18)16-11/h4-7,17H,8H2,1-3H3,(H,16,18). The van der Waals surface area contributed by atoms with Crippen molar-refractivity contribution < 1.29 is 19.3 Å². The number of rotatable bonds is 5. The number of ether oxygens (including phenoxy) is 3. The van der Waals surface area contributed by atoms with Gasteiger partial charge in [0.05, 0.1) is 33.6 Å². The highest BCUT2D eigenvalue weighted by atomic mass is 16.5. The van der Waals surface area contributed by atoms with E-state index in [0.717, 1.165) is 0 Å². The van der Waals surface area contributed by atoms with Gasteiger partial charge in [0.15, 0.2) is 11.5 Å². The van der Waals surface area contributed by atoms with E-state index < -0.39 is 0 Å². The molecule has 112 valence electrons. The first-order valence-electron chi connectivity index (χ1n) is 6.28. The van der Waals surface area contributed by atoms with Crippen LogP contribution in [0.25, 0.3) is 11.3 Å². The molecule has 1 heterocycles. The number of pyridine rings is 1. The van der Waals surface area contributed by atoms with Gasteiger partial charge in [0.25, 0.3) is 5.56 Å². The highest BCUT2D eigenvalue weighted by molar-refractivity contribution is 5.74. The summed E-state index contributed by atoms with van der Waals surface area (Å²) in [5.74, 6) is 1.45. The second-order valence-corrected chi connectivity index (χ2v) is 4.27. The topological polar surface area (TPSA) is 80.8 Å². The number of benzene rings is 1. The molecule has 21 heavy (non-hydrogen) atoms. The Hall–Kier alpha value is -2.47. The fraction of sp³-hybridized carbons (Fsp3) is 0.267. The number of nitrogens with one attached hydrogen (secondary N) is 1. The van der Waals surface area contributed by atoms with Crippen molar-refractivity contribution in [3.8, 4) is 28.5 Å². The van der Waals surface area contributed by atoms with E-state index in [1.807, 2.05) is 0 Å². The summed E-state index contributed by atoms with van der Waals surface area (Å²) >= 11 is 0. The van der Waals surface area contributed by atoms with Crippen LogP contribution >= 0.6 is 0 Å². The van der Waals surface area contributed by atoms with E-state index in [4.69, 9.17) is 19.3 Å². The van der Waals surface area contributed by atoms with Gasteiger partial charge < -0.3 is 24.3 Å². The van der Waals surface area contributed by atoms with Crippen LogP contribution in [0.2, 0.25) is 0 Å². The van der Waals surface area contributed by atoms with Crippen LogP contribution in [0.5, 0.6) is 17.2 Å². The van der Waals surface area contributed by atoms with Gasteiger partial charge in [-0.2, -0.15) is 0 Å². The van der Waals surface area contributed by atoms with Crippen molar-refractivity contribution in [2.45, 2.75) is 6.61 Å². The van der Waals surface area contributed by atoms with Gasteiger partial charge in [-0.1, -0.05) is 0 Å². The minimum Gasteiger partial charge on any atom is -0.493 e. The zero-order chi connectivity index (χ0) is 15.4. The van der Waals surface area contributed by atoms with Gasteiger partial charge in [0, 0.05) is 11.1 Å². The first kappa shape index (κ1) is 14.9. The monoisotopic (exact) mass is 291 g/mol. The van der Waals surface area contributed by atoms with Gasteiger partial charge in [0.2, 0.25) is 5.75 Å². The van der Waals surface area contributed by atoms with Gasteiger partial charge in [0.1, 0.15) is 0 Å². The third kappa shape index (κ3) is 2.71. The van der Waals surface area contributed by atoms with E-state index in [2.05, 4.69) is 4.98 Å². The van der Waals surface area contributed by atoms with E-state index in [9.17, 15) is 4.79 Å². The summed E-state index contributed by atoms with van der Waals surface area (Å²) in [5.41, 5.74) is 1.19. The summed E-state index contributed by atoms with van der Waals surface area (Å²) in [6.07, 6.45) is 0. The number of aromatic amines is 1. The quantitative estimate of drug-likeness (QED) is 0.873. The highest BCUT2D eigenvalue weighted by Gasteiger charge is 2.17. The Bertz CT molecular complexity index is 693. The van der Waals surface area contributed by atoms with E-state index >= 15 is 0 Å². The summed E-state index contributed by atoms with van der Waals surface area (Å²) in [4.78, 5) is 14.5. The summed E-state index contributed by atoms with van der Waals surface area (Å²) in [6.45, 7) is -0.307. The summed E-state index contributed by atoms with van der Waals surface area (Å²) in [6, 6.07) is 6.78. The highest BCUT2D eigenvalue weighted by Crippen LogP contribution is 2.43.